The summed E-state index contributed by atoms with van der Waals surface area (Å²) < 4.78 is 6.23. The van der Waals surface area contributed by atoms with Gasteiger partial charge in [-0.1, -0.05) is 51.1 Å². The molecule has 0 amide bonds. The van der Waals surface area contributed by atoms with E-state index in [9.17, 15) is 0 Å². The minimum Gasteiger partial charge on any atom is -0.372 e. The van der Waals surface area contributed by atoms with Gasteiger partial charge in [0.15, 0.2) is 0 Å². The standard InChI is InChI=1S/C17H27NO/c1-4-18-16-11-13(2)10-14(3)17(16)19-12-15-8-6-5-7-9-15/h5-9,13-14,16-18H,4,10-12H2,1-3H3. The molecule has 0 heterocycles. The summed E-state index contributed by atoms with van der Waals surface area (Å²) in [7, 11) is 0. The van der Waals surface area contributed by atoms with E-state index >= 15 is 0 Å². The van der Waals surface area contributed by atoms with E-state index in [4.69, 9.17) is 4.74 Å². The predicted octanol–water partition coefficient (Wildman–Crippen LogP) is 3.62. The highest BCUT2D eigenvalue weighted by Gasteiger charge is 2.34. The van der Waals surface area contributed by atoms with Crippen molar-refractivity contribution in [2.24, 2.45) is 11.8 Å². The number of ether oxygens (including phenoxy) is 1. The van der Waals surface area contributed by atoms with Gasteiger partial charge < -0.3 is 10.1 Å². The topological polar surface area (TPSA) is 21.3 Å². The van der Waals surface area contributed by atoms with E-state index in [1.165, 1.54) is 18.4 Å². The van der Waals surface area contributed by atoms with Crippen LogP contribution in [0.5, 0.6) is 0 Å². The van der Waals surface area contributed by atoms with Crippen LogP contribution in [0.15, 0.2) is 30.3 Å². The molecule has 4 atom stereocenters. The van der Waals surface area contributed by atoms with Crippen LogP contribution >= 0.6 is 0 Å². The summed E-state index contributed by atoms with van der Waals surface area (Å²) in [5.41, 5.74) is 1.27. The van der Waals surface area contributed by atoms with Crippen molar-refractivity contribution >= 4 is 0 Å². The number of hydrogen-bond donors (Lipinski definition) is 1. The van der Waals surface area contributed by atoms with E-state index in [0.717, 1.165) is 19.1 Å². The maximum Gasteiger partial charge on any atom is 0.0758 e. The molecule has 0 bridgehead atoms. The van der Waals surface area contributed by atoms with Gasteiger partial charge in [-0.3, -0.25) is 0 Å². The third-order valence-electron chi connectivity index (χ3n) is 4.14. The zero-order chi connectivity index (χ0) is 13.7. The molecular formula is C17H27NO. The summed E-state index contributed by atoms with van der Waals surface area (Å²) >= 11 is 0. The van der Waals surface area contributed by atoms with Gasteiger partial charge in [-0.15, -0.1) is 0 Å². The number of likely N-dealkylation sites (N-methyl/N-ethyl adjacent to an activating group) is 1. The Kier molecular flexibility index (Phi) is 5.41. The Morgan fingerprint density at radius 3 is 2.58 bits per heavy atom. The summed E-state index contributed by atoms with van der Waals surface area (Å²) in [5, 5.41) is 3.61. The third-order valence-corrected chi connectivity index (χ3v) is 4.14. The van der Waals surface area contributed by atoms with Gasteiger partial charge in [-0.05, 0) is 36.8 Å². The second kappa shape index (κ2) is 7.06. The van der Waals surface area contributed by atoms with Crippen LogP contribution in [0.25, 0.3) is 0 Å². The first kappa shape index (κ1) is 14.5. The molecule has 0 spiro atoms. The zero-order valence-corrected chi connectivity index (χ0v) is 12.4. The Morgan fingerprint density at radius 2 is 1.89 bits per heavy atom. The summed E-state index contributed by atoms with van der Waals surface area (Å²) in [4.78, 5) is 0. The predicted molar refractivity (Wildman–Crippen MR) is 80.0 cm³/mol. The van der Waals surface area contributed by atoms with E-state index in [2.05, 4.69) is 56.4 Å². The van der Waals surface area contributed by atoms with Crippen molar-refractivity contribution in [2.45, 2.75) is 52.4 Å². The van der Waals surface area contributed by atoms with Crippen LogP contribution in [-0.2, 0) is 11.3 Å². The van der Waals surface area contributed by atoms with E-state index in [1.54, 1.807) is 0 Å². The quantitative estimate of drug-likeness (QED) is 0.874. The van der Waals surface area contributed by atoms with E-state index < -0.39 is 0 Å². The first-order valence-corrected chi connectivity index (χ1v) is 7.59. The number of nitrogens with one attached hydrogen (secondary N) is 1. The van der Waals surface area contributed by atoms with E-state index in [-0.39, 0.29) is 0 Å². The molecule has 19 heavy (non-hydrogen) atoms. The molecule has 0 aromatic heterocycles. The average Bonchev–Trinajstić information content (AvgIpc) is 2.39. The SMILES string of the molecule is CCNC1CC(C)CC(C)C1OCc1ccccc1. The lowest BCUT2D eigenvalue weighted by atomic mass is 9.78. The lowest BCUT2D eigenvalue weighted by Crippen LogP contribution is -2.49. The smallest absolute Gasteiger partial charge is 0.0758 e. The molecule has 0 saturated heterocycles. The van der Waals surface area contributed by atoms with Gasteiger partial charge >= 0.3 is 0 Å². The Bertz CT molecular complexity index is 365. The minimum atomic E-state index is 0.344. The first-order chi connectivity index (χ1) is 9.20. The van der Waals surface area contributed by atoms with Crippen LogP contribution in [0, 0.1) is 11.8 Å². The van der Waals surface area contributed by atoms with Gasteiger partial charge in [-0.25, -0.2) is 0 Å². The largest absolute Gasteiger partial charge is 0.372 e. The fourth-order valence-electron chi connectivity index (χ4n) is 3.34. The molecule has 106 valence electrons. The molecule has 0 radical (unpaired) electrons. The van der Waals surface area contributed by atoms with Gasteiger partial charge in [-0.2, -0.15) is 0 Å². The maximum atomic E-state index is 6.23. The Labute approximate surface area is 117 Å². The molecule has 1 saturated carbocycles. The second-order valence-corrected chi connectivity index (χ2v) is 5.98. The van der Waals surface area contributed by atoms with Crippen molar-refractivity contribution in [2.75, 3.05) is 6.54 Å². The van der Waals surface area contributed by atoms with Gasteiger partial charge in [0.2, 0.25) is 0 Å². The molecule has 1 N–H and O–H groups in total. The van der Waals surface area contributed by atoms with E-state index in [1.807, 2.05) is 0 Å². The van der Waals surface area contributed by atoms with Crippen LogP contribution in [0.3, 0.4) is 0 Å². The van der Waals surface area contributed by atoms with Crippen molar-refractivity contribution < 1.29 is 4.74 Å². The third kappa shape index (κ3) is 4.05. The number of benzene rings is 1. The molecule has 2 heteroatoms. The summed E-state index contributed by atoms with van der Waals surface area (Å²) in [5.74, 6) is 1.44. The van der Waals surface area contributed by atoms with Gasteiger partial charge in [0, 0.05) is 6.04 Å². The lowest BCUT2D eigenvalue weighted by Gasteiger charge is -2.39. The second-order valence-electron chi connectivity index (χ2n) is 5.98. The Hall–Kier alpha value is -0.860. The molecule has 2 rings (SSSR count). The Balaban J connectivity index is 1.95. The minimum absolute atomic E-state index is 0.344. The van der Waals surface area contributed by atoms with Crippen LogP contribution in [0.2, 0.25) is 0 Å². The molecule has 0 aliphatic heterocycles. The molecule has 1 aromatic carbocycles. The molecule has 2 nitrogen and oxygen atoms in total. The monoisotopic (exact) mass is 261 g/mol. The first-order valence-electron chi connectivity index (χ1n) is 7.59. The number of rotatable bonds is 5. The zero-order valence-electron chi connectivity index (χ0n) is 12.4. The highest BCUT2D eigenvalue weighted by atomic mass is 16.5. The molecule has 1 aliphatic carbocycles. The molecule has 1 aromatic rings. The lowest BCUT2D eigenvalue weighted by molar-refractivity contribution is -0.0464. The summed E-state index contributed by atoms with van der Waals surface area (Å²) in [6.45, 7) is 8.61. The van der Waals surface area contributed by atoms with Crippen molar-refractivity contribution in [1.82, 2.24) is 5.32 Å². The molecule has 1 aliphatic rings. The van der Waals surface area contributed by atoms with Crippen LogP contribution in [-0.4, -0.2) is 18.7 Å². The van der Waals surface area contributed by atoms with Crippen molar-refractivity contribution in [3.8, 4) is 0 Å². The fraction of sp³-hybridized carbons (Fsp3) is 0.647. The average molecular weight is 261 g/mol. The van der Waals surface area contributed by atoms with Gasteiger partial charge in [0.05, 0.1) is 12.7 Å². The van der Waals surface area contributed by atoms with Crippen molar-refractivity contribution in [3.63, 3.8) is 0 Å². The van der Waals surface area contributed by atoms with E-state index in [0.29, 0.717) is 18.1 Å². The number of hydrogen-bond acceptors (Lipinski definition) is 2. The van der Waals surface area contributed by atoms with Gasteiger partial charge in [0.25, 0.3) is 0 Å². The molecular weight excluding hydrogens is 234 g/mol. The normalized spacial score (nSPS) is 31.3. The van der Waals surface area contributed by atoms with Crippen molar-refractivity contribution in [1.29, 1.82) is 0 Å². The molecule has 4 unspecified atom stereocenters. The molecule has 1 fully saturated rings. The van der Waals surface area contributed by atoms with Crippen LogP contribution in [0.1, 0.15) is 39.2 Å². The summed E-state index contributed by atoms with van der Waals surface area (Å²) in [6, 6.07) is 11.0. The fourth-order valence-corrected chi connectivity index (χ4v) is 3.34. The summed E-state index contributed by atoms with van der Waals surface area (Å²) in [6.07, 6.45) is 2.86. The van der Waals surface area contributed by atoms with Crippen LogP contribution < -0.4 is 5.32 Å². The highest BCUT2D eigenvalue weighted by Crippen LogP contribution is 2.31. The van der Waals surface area contributed by atoms with Crippen LogP contribution in [0.4, 0.5) is 0 Å². The highest BCUT2D eigenvalue weighted by molar-refractivity contribution is 5.13. The Morgan fingerprint density at radius 1 is 1.16 bits per heavy atom. The van der Waals surface area contributed by atoms with Gasteiger partial charge in [0.1, 0.15) is 0 Å². The van der Waals surface area contributed by atoms with Crippen molar-refractivity contribution in [3.05, 3.63) is 35.9 Å². The maximum absolute atomic E-state index is 6.23.